The van der Waals surface area contributed by atoms with Gasteiger partial charge < -0.3 is 17.7 Å². The molecule has 2 N–H and O–H groups in total. The third-order valence-electron chi connectivity index (χ3n) is 5.78. The van der Waals surface area contributed by atoms with Gasteiger partial charge in [-0.25, -0.2) is 0 Å². The summed E-state index contributed by atoms with van der Waals surface area (Å²) >= 11 is 0. The molecule has 0 aromatic rings. The number of nitriles is 1. The van der Waals surface area contributed by atoms with Crippen molar-refractivity contribution in [3.05, 3.63) is 0 Å². The van der Waals surface area contributed by atoms with Crippen molar-refractivity contribution in [2.45, 2.75) is 38.6 Å². The summed E-state index contributed by atoms with van der Waals surface area (Å²) < 4.78 is 0. The van der Waals surface area contributed by atoms with E-state index in [9.17, 15) is 5.26 Å². The van der Waals surface area contributed by atoms with E-state index < -0.39 is 0 Å². The van der Waals surface area contributed by atoms with Crippen LogP contribution >= 0.6 is 0 Å². The minimum absolute atomic E-state index is 0. The Morgan fingerprint density at radius 2 is 2.14 bits per heavy atom. The maximum absolute atomic E-state index is 9.36. The molecule has 78 valence electrons. The molecule has 4 bridgehead atoms. The second-order valence-corrected chi connectivity index (χ2v) is 5.68. The molecule has 2 nitrogen and oxygen atoms in total. The fraction of sp³-hybridized carbons (Fsp3) is 0.909. The number of hydrogen-bond acceptors (Lipinski definition) is 1. The van der Waals surface area contributed by atoms with Crippen LogP contribution in [0.3, 0.4) is 0 Å². The van der Waals surface area contributed by atoms with Gasteiger partial charge >= 0.3 is 0 Å². The molecule has 4 unspecified atom stereocenters. The van der Waals surface area contributed by atoms with Gasteiger partial charge in [-0.1, -0.05) is 13.8 Å². The molecule has 2 aliphatic carbocycles. The highest BCUT2D eigenvalue weighted by atomic mass is 35.5. The van der Waals surface area contributed by atoms with E-state index in [1.54, 1.807) is 0 Å². The summed E-state index contributed by atoms with van der Waals surface area (Å²) in [5.74, 6) is 0.835. The van der Waals surface area contributed by atoms with Gasteiger partial charge in [-0.15, -0.1) is 0 Å². The Bertz CT molecular complexity index is 324. The minimum atomic E-state index is -0.0509. The maximum Gasteiger partial charge on any atom is 0.189 e. The third-order valence-corrected chi connectivity index (χ3v) is 5.78. The number of nitrogens with two attached hydrogens (primary N) is 1. The van der Waals surface area contributed by atoms with Crippen LogP contribution < -0.4 is 17.7 Å². The van der Waals surface area contributed by atoms with Gasteiger partial charge in [-0.3, -0.25) is 0 Å². The Labute approximate surface area is 91.5 Å². The molecule has 3 aliphatic rings. The normalized spacial score (nSPS) is 58.2. The van der Waals surface area contributed by atoms with E-state index in [1.165, 1.54) is 19.4 Å². The maximum atomic E-state index is 9.36. The highest BCUT2D eigenvalue weighted by molar-refractivity contribution is 5.28. The molecular formula is C11H17ClN2. The van der Waals surface area contributed by atoms with E-state index >= 15 is 0 Å². The number of rotatable bonds is 0. The molecule has 14 heavy (non-hydrogen) atoms. The lowest BCUT2D eigenvalue weighted by Crippen LogP contribution is -3.00. The molecule has 0 spiro atoms. The lowest BCUT2D eigenvalue weighted by Gasteiger charge is -2.33. The van der Waals surface area contributed by atoms with Crippen molar-refractivity contribution in [2.24, 2.45) is 16.7 Å². The predicted molar refractivity (Wildman–Crippen MR) is 48.7 cm³/mol. The Balaban J connectivity index is 0.000000750. The standard InChI is InChI=1S/C11H16N2.ClH/c1-9-7-13-11(6-12)5-8(9)3-4-10(9,11)2;/h8,13H,3-5,7H2,1-2H3;1H. The lowest BCUT2D eigenvalue weighted by molar-refractivity contribution is -0.713. The van der Waals surface area contributed by atoms with Crippen LogP contribution in [0.25, 0.3) is 0 Å². The summed E-state index contributed by atoms with van der Waals surface area (Å²) in [6.07, 6.45) is 3.79. The number of hydrogen-bond donors (Lipinski definition) is 1. The van der Waals surface area contributed by atoms with Gasteiger partial charge in [0.1, 0.15) is 6.07 Å². The number of quaternary nitrogens is 1. The Morgan fingerprint density at radius 3 is 2.57 bits per heavy atom. The average molecular weight is 213 g/mol. The number of halogens is 1. The van der Waals surface area contributed by atoms with E-state index in [4.69, 9.17) is 0 Å². The first-order valence-corrected chi connectivity index (χ1v) is 5.34. The van der Waals surface area contributed by atoms with Crippen molar-refractivity contribution >= 4 is 0 Å². The second-order valence-electron chi connectivity index (χ2n) is 5.68. The summed E-state index contributed by atoms with van der Waals surface area (Å²) in [5, 5.41) is 11.7. The molecule has 2 saturated carbocycles. The Morgan fingerprint density at radius 1 is 1.43 bits per heavy atom. The van der Waals surface area contributed by atoms with Crippen LogP contribution in [-0.4, -0.2) is 12.1 Å². The average Bonchev–Trinajstić information content (AvgIpc) is 2.58. The molecule has 0 aromatic heterocycles. The fourth-order valence-electron chi connectivity index (χ4n) is 4.49. The van der Waals surface area contributed by atoms with Crippen molar-refractivity contribution in [3.63, 3.8) is 0 Å². The number of nitrogens with zero attached hydrogens (tertiary/aromatic N) is 1. The Hall–Kier alpha value is -0.260. The van der Waals surface area contributed by atoms with Crippen molar-refractivity contribution in [1.82, 2.24) is 0 Å². The van der Waals surface area contributed by atoms with E-state index in [0.717, 1.165) is 12.3 Å². The third kappa shape index (κ3) is 0.677. The van der Waals surface area contributed by atoms with Crippen LogP contribution in [0.2, 0.25) is 0 Å². The second kappa shape index (κ2) is 2.46. The summed E-state index contributed by atoms with van der Waals surface area (Å²) in [6.45, 7) is 5.95. The zero-order valence-electron chi connectivity index (χ0n) is 8.81. The molecule has 3 rings (SSSR count). The summed E-state index contributed by atoms with van der Waals surface area (Å²) in [5.41, 5.74) is 0.715. The highest BCUT2D eigenvalue weighted by Gasteiger charge is 2.78. The Kier molecular flexibility index (Phi) is 1.80. The van der Waals surface area contributed by atoms with Gasteiger partial charge in [0.25, 0.3) is 0 Å². The van der Waals surface area contributed by atoms with Crippen LogP contribution in [0.5, 0.6) is 0 Å². The molecule has 3 fully saturated rings. The fourth-order valence-corrected chi connectivity index (χ4v) is 4.49. The van der Waals surface area contributed by atoms with Gasteiger partial charge in [0, 0.05) is 17.3 Å². The smallest absolute Gasteiger partial charge is 0.189 e. The highest BCUT2D eigenvalue weighted by Crippen LogP contribution is 2.70. The lowest BCUT2D eigenvalue weighted by atomic mass is 9.66. The molecule has 1 aliphatic heterocycles. The van der Waals surface area contributed by atoms with Gasteiger partial charge in [-0.2, -0.15) is 5.26 Å². The van der Waals surface area contributed by atoms with Crippen LogP contribution in [-0.2, 0) is 0 Å². The summed E-state index contributed by atoms with van der Waals surface area (Å²) in [6, 6.07) is 2.61. The monoisotopic (exact) mass is 212 g/mol. The van der Waals surface area contributed by atoms with E-state index in [-0.39, 0.29) is 17.9 Å². The van der Waals surface area contributed by atoms with Crippen molar-refractivity contribution in [3.8, 4) is 6.07 Å². The topological polar surface area (TPSA) is 40.4 Å². The zero-order valence-corrected chi connectivity index (χ0v) is 9.56. The molecule has 1 saturated heterocycles. The van der Waals surface area contributed by atoms with Crippen LogP contribution in [0, 0.1) is 28.1 Å². The predicted octanol–water partition coefficient (Wildman–Crippen LogP) is -2.34. The first-order chi connectivity index (χ1) is 6.08. The SMILES string of the molecule is CC12C[NH2+]C3(C#N)CC1CCC32C.[Cl-]. The van der Waals surface area contributed by atoms with E-state index in [2.05, 4.69) is 25.2 Å². The van der Waals surface area contributed by atoms with Crippen LogP contribution in [0.1, 0.15) is 33.1 Å². The van der Waals surface area contributed by atoms with Gasteiger partial charge in [0.15, 0.2) is 5.54 Å². The van der Waals surface area contributed by atoms with Gasteiger partial charge in [0.05, 0.1) is 6.54 Å². The minimum Gasteiger partial charge on any atom is -1.00 e. The molecule has 4 atom stereocenters. The van der Waals surface area contributed by atoms with Gasteiger partial charge in [-0.05, 0) is 18.8 Å². The molecule has 1 heterocycles. The molecule has 0 amide bonds. The molecular weight excluding hydrogens is 196 g/mol. The molecule has 0 radical (unpaired) electrons. The first-order valence-electron chi connectivity index (χ1n) is 5.34. The van der Waals surface area contributed by atoms with E-state index in [0.29, 0.717) is 10.8 Å². The van der Waals surface area contributed by atoms with Gasteiger partial charge in [0.2, 0.25) is 0 Å². The summed E-state index contributed by atoms with van der Waals surface area (Å²) in [7, 11) is 0. The molecule has 3 heteroatoms. The largest absolute Gasteiger partial charge is 1.00 e. The molecule has 0 aromatic carbocycles. The van der Waals surface area contributed by atoms with Crippen molar-refractivity contribution in [1.29, 1.82) is 5.26 Å². The summed E-state index contributed by atoms with van der Waals surface area (Å²) in [4.78, 5) is 0. The van der Waals surface area contributed by atoms with Crippen molar-refractivity contribution < 1.29 is 17.7 Å². The zero-order chi connectivity index (χ0) is 9.32. The van der Waals surface area contributed by atoms with Crippen LogP contribution in [0.4, 0.5) is 0 Å². The van der Waals surface area contributed by atoms with Crippen LogP contribution in [0.15, 0.2) is 0 Å². The van der Waals surface area contributed by atoms with E-state index in [1.807, 2.05) is 0 Å². The quantitative estimate of drug-likeness (QED) is 0.480. The van der Waals surface area contributed by atoms with Crippen molar-refractivity contribution in [2.75, 3.05) is 6.54 Å². The number of piperidine rings is 1. The first kappa shape index (κ1) is 10.3.